The number of aromatic nitrogens is 4. The molecule has 2 heterocycles. The maximum Gasteiger partial charge on any atom is 0.265 e. The van der Waals surface area contributed by atoms with Gasteiger partial charge >= 0.3 is 0 Å². The van der Waals surface area contributed by atoms with E-state index in [9.17, 15) is 0 Å². The molecule has 0 radical (unpaired) electrons. The van der Waals surface area contributed by atoms with Crippen molar-refractivity contribution in [3.8, 4) is 0 Å². The lowest BCUT2D eigenvalue weighted by molar-refractivity contribution is 1.01. The molecule has 0 spiro atoms. The van der Waals surface area contributed by atoms with Gasteiger partial charge < -0.3 is 4.98 Å². The Morgan fingerprint density at radius 1 is 1.09 bits per heavy atom. The molecule has 4 aromatic rings. The summed E-state index contributed by atoms with van der Waals surface area (Å²) in [5.74, 6) is 0.322. The Labute approximate surface area is 136 Å². The van der Waals surface area contributed by atoms with Gasteiger partial charge in [-0.25, -0.2) is 5.43 Å². The number of H-pyrrole nitrogens is 1. The monoisotopic (exact) mass is 322 g/mol. The van der Waals surface area contributed by atoms with E-state index in [0.717, 1.165) is 16.5 Å². The lowest BCUT2D eigenvalue weighted by Crippen LogP contribution is -1.98. The highest BCUT2D eigenvalue weighted by Crippen LogP contribution is 2.25. The van der Waals surface area contributed by atoms with Crippen LogP contribution in [0.3, 0.4) is 0 Å². The normalized spacial score (nSPS) is 11.5. The highest BCUT2D eigenvalue weighted by Gasteiger charge is 2.09. The average Bonchev–Trinajstić information content (AvgIpc) is 2.93. The third-order valence-corrected chi connectivity index (χ3v) is 3.59. The molecule has 4 rings (SSSR count). The summed E-state index contributed by atoms with van der Waals surface area (Å²) in [6, 6.07) is 15.3. The van der Waals surface area contributed by atoms with Gasteiger partial charge in [0.25, 0.3) is 5.95 Å². The summed E-state index contributed by atoms with van der Waals surface area (Å²) in [6.07, 6.45) is 1.69. The summed E-state index contributed by atoms with van der Waals surface area (Å²) >= 11 is 6.02. The fourth-order valence-electron chi connectivity index (χ4n) is 2.29. The minimum atomic E-state index is 0.322. The molecule has 0 aliphatic heterocycles. The van der Waals surface area contributed by atoms with Gasteiger partial charge in [-0.05, 0) is 23.8 Å². The van der Waals surface area contributed by atoms with Gasteiger partial charge in [0.05, 0.1) is 6.21 Å². The molecule has 0 saturated heterocycles. The summed E-state index contributed by atoms with van der Waals surface area (Å²) in [6.45, 7) is 0. The summed E-state index contributed by atoms with van der Waals surface area (Å²) < 4.78 is 0. The van der Waals surface area contributed by atoms with E-state index < -0.39 is 0 Å². The standard InChI is InChI=1S/C16H11ClN6/c17-11-6-7-13-12(8-11)14-15(19-13)20-16(23-21-14)22-18-9-10-4-2-1-3-5-10/h1-9H,(H2,19,20,22,23)/b18-9+. The number of benzene rings is 2. The van der Waals surface area contributed by atoms with Crippen LogP contribution in [0.1, 0.15) is 5.56 Å². The number of nitrogens with zero attached hydrogens (tertiary/aromatic N) is 4. The quantitative estimate of drug-likeness (QED) is 0.446. The van der Waals surface area contributed by atoms with Crippen LogP contribution in [-0.2, 0) is 0 Å². The van der Waals surface area contributed by atoms with Gasteiger partial charge in [0.1, 0.15) is 5.52 Å². The Balaban J connectivity index is 1.64. The first kappa shape index (κ1) is 13.7. The average molecular weight is 323 g/mol. The van der Waals surface area contributed by atoms with Crippen molar-refractivity contribution in [2.45, 2.75) is 0 Å². The molecule has 2 aromatic carbocycles. The number of aromatic amines is 1. The van der Waals surface area contributed by atoms with Crippen molar-refractivity contribution in [2.24, 2.45) is 5.10 Å². The van der Waals surface area contributed by atoms with Crippen molar-refractivity contribution < 1.29 is 0 Å². The number of halogens is 1. The van der Waals surface area contributed by atoms with Crippen LogP contribution in [0.15, 0.2) is 53.6 Å². The molecule has 0 aliphatic carbocycles. The Morgan fingerprint density at radius 3 is 2.83 bits per heavy atom. The van der Waals surface area contributed by atoms with E-state index in [2.05, 4.69) is 30.7 Å². The number of rotatable bonds is 3. The third kappa shape index (κ3) is 2.72. The summed E-state index contributed by atoms with van der Waals surface area (Å²) in [4.78, 5) is 7.57. The molecule has 0 fully saturated rings. The number of hydrogen-bond donors (Lipinski definition) is 2. The van der Waals surface area contributed by atoms with E-state index in [0.29, 0.717) is 22.1 Å². The maximum absolute atomic E-state index is 6.02. The second-order valence-corrected chi connectivity index (χ2v) is 5.36. The minimum Gasteiger partial charge on any atom is -0.338 e. The Bertz CT molecular complexity index is 1010. The molecular formula is C16H11ClN6. The smallest absolute Gasteiger partial charge is 0.265 e. The van der Waals surface area contributed by atoms with Crippen LogP contribution in [-0.4, -0.2) is 26.4 Å². The van der Waals surface area contributed by atoms with E-state index in [-0.39, 0.29) is 0 Å². The molecule has 2 aromatic heterocycles. The summed E-state index contributed by atoms with van der Waals surface area (Å²) in [7, 11) is 0. The van der Waals surface area contributed by atoms with E-state index in [1.807, 2.05) is 48.5 Å². The van der Waals surface area contributed by atoms with E-state index >= 15 is 0 Å². The largest absolute Gasteiger partial charge is 0.338 e. The molecule has 6 nitrogen and oxygen atoms in total. The Kier molecular flexibility index (Phi) is 3.36. The van der Waals surface area contributed by atoms with Crippen LogP contribution < -0.4 is 5.43 Å². The molecule has 0 amide bonds. The van der Waals surface area contributed by atoms with Gasteiger partial charge in [-0.1, -0.05) is 41.9 Å². The molecule has 0 bridgehead atoms. The fourth-order valence-corrected chi connectivity index (χ4v) is 2.47. The van der Waals surface area contributed by atoms with Gasteiger partial charge in [0, 0.05) is 15.9 Å². The molecule has 0 aliphatic rings. The van der Waals surface area contributed by atoms with Crippen LogP contribution in [0.5, 0.6) is 0 Å². The highest BCUT2D eigenvalue weighted by molar-refractivity contribution is 6.31. The number of nitrogens with one attached hydrogen (secondary N) is 2. The highest BCUT2D eigenvalue weighted by atomic mass is 35.5. The molecule has 7 heteroatoms. The van der Waals surface area contributed by atoms with Crippen molar-refractivity contribution in [1.29, 1.82) is 0 Å². The number of anilines is 1. The number of hydrazone groups is 1. The number of fused-ring (bicyclic) bond motifs is 3. The Morgan fingerprint density at radius 2 is 1.96 bits per heavy atom. The lowest BCUT2D eigenvalue weighted by atomic mass is 10.2. The first-order valence-corrected chi connectivity index (χ1v) is 7.33. The zero-order valence-electron chi connectivity index (χ0n) is 11.9. The van der Waals surface area contributed by atoms with Gasteiger partial charge in [-0.3, -0.25) is 0 Å². The molecule has 0 unspecified atom stereocenters. The van der Waals surface area contributed by atoms with Crippen LogP contribution in [0.25, 0.3) is 22.1 Å². The first-order chi connectivity index (χ1) is 11.3. The maximum atomic E-state index is 6.02. The second kappa shape index (κ2) is 5.66. The Hall–Kier alpha value is -2.99. The molecule has 0 saturated carbocycles. The molecular weight excluding hydrogens is 312 g/mol. The second-order valence-electron chi connectivity index (χ2n) is 4.93. The summed E-state index contributed by atoms with van der Waals surface area (Å²) in [5, 5.41) is 13.9. The predicted molar refractivity (Wildman–Crippen MR) is 91.9 cm³/mol. The van der Waals surface area contributed by atoms with E-state index in [1.165, 1.54) is 0 Å². The van der Waals surface area contributed by atoms with Crippen molar-refractivity contribution in [3.05, 3.63) is 59.1 Å². The number of hydrogen-bond acceptors (Lipinski definition) is 5. The van der Waals surface area contributed by atoms with Crippen LogP contribution >= 0.6 is 11.6 Å². The molecule has 23 heavy (non-hydrogen) atoms. The van der Waals surface area contributed by atoms with Crippen molar-refractivity contribution in [2.75, 3.05) is 5.43 Å². The van der Waals surface area contributed by atoms with Crippen LogP contribution in [0.4, 0.5) is 5.95 Å². The van der Waals surface area contributed by atoms with E-state index in [1.54, 1.807) is 6.21 Å². The predicted octanol–water partition coefficient (Wildman–Crippen LogP) is 3.61. The van der Waals surface area contributed by atoms with Crippen LogP contribution in [0.2, 0.25) is 5.02 Å². The van der Waals surface area contributed by atoms with Gasteiger partial charge in [0.2, 0.25) is 0 Å². The zero-order chi connectivity index (χ0) is 15.6. The first-order valence-electron chi connectivity index (χ1n) is 6.95. The SMILES string of the molecule is Clc1ccc2[nH]c3nc(N/N=C/c4ccccc4)nnc3c2c1. The summed E-state index contributed by atoms with van der Waals surface area (Å²) in [5.41, 5.74) is 5.99. The fraction of sp³-hybridized carbons (Fsp3) is 0. The third-order valence-electron chi connectivity index (χ3n) is 3.35. The van der Waals surface area contributed by atoms with Gasteiger partial charge in [-0.2, -0.15) is 10.1 Å². The zero-order valence-corrected chi connectivity index (χ0v) is 12.6. The molecule has 0 atom stereocenters. The van der Waals surface area contributed by atoms with E-state index in [4.69, 9.17) is 11.6 Å². The van der Waals surface area contributed by atoms with Crippen molar-refractivity contribution in [1.82, 2.24) is 20.2 Å². The molecule has 112 valence electrons. The lowest BCUT2D eigenvalue weighted by Gasteiger charge is -1.97. The molecule has 2 N–H and O–H groups in total. The topological polar surface area (TPSA) is 78.9 Å². The van der Waals surface area contributed by atoms with Crippen LogP contribution in [0, 0.1) is 0 Å². The van der Waals surface area contributed by atoms with Gasteiger partial charge in [-0.15, -0.1) is 10.2 Å². The van der Waals surface area contributed by atoms with Crippen molar-refractivity contribution in [3.63, 3.8) is 0 Å². The van der Waals surface area contributed by atoms with Gasteiger partial charge in [0.15, 0.2) is 5.65 Å². The van der Waals surface area contributed by atoms with Crippen molar-refractivity contribution >= 4 is 45.8 Å². The minimum absolute atomic E-state index is 0.322.